The fourth-order valence-corrected chi connectivity index (χ4v) is 0.959. The van der Waals surface area contributed by atoms with Gasteiger partial charge in [0.2, 0.25) is 0 Å². The largest absolute Gasteiger partial charge is 0.416 e. The van der Waals surface area contributed by atoms with Gasteiger partial charge in [-0.3, -0.25) is 10.3 Å². The molecule has 0 amide bonds. The molecule has 2 nitrogen and oxygen atoms in total. The van der Waals surface area contributed by atoms with Gasteiger partial charge >= 0.3 is 6.18 Å². The number of hydrogen-bond donors (Lipinski definition) is 1. The SMILES string of the molecule is C=C/C(=C\C(C)=C(\Cl)NOCCC)C(F)(F)F. The van der Waals surface area contributed by atoms with Crippen molar-refractivity contribution >= 4 is 11.6 Å². The van der Waals surface area contributed by atoms with E-state index in [0.29, 0.717) is 6.61 Å². The van der Waals surface area contributed by atoms with E-state index in [1.807, 2.05) is 6.92 Å². The summed E-state index contributed by atoms with van der Waals surface area (Å²) in [4.78, 5) is 4.89. The van der Waals surface area contributed by atoms with Crippen LogP contribution in [0.2, 0.25) is 0 Å². The third-order valence-electron chi connectivity index (χ3n) is 1.73. The number of rotatable bonds is 6. The van der Waals surface area contributed by atoms with Crippen molar-refractivity contribution in [3.05, 3.63) is 35.0 Å². The van der Waals surface area contributed by atoms with Gasteiger partial charge in [-0.15, -0.1) is 0 Å². The summed E-state index contributed by atoms with van der Waals surface area (Å²) in [5.74, 6) is 0. The highest BCUT2D eigenvalue weighted by atomic mass is 35.5. The van der Waals surface area contributed by atoms with Gasteiger partial charge in [-0.25, -0.2) is 0 Å². The number of halogens is 4. The van der Waals surface area contributed by atoms with Gasteiger partial charge in [0.05, 0.1) is 12.2 Å². The molecule has 0 aliphatic carbocycles. The molecule has 6 heteroatoms. The average molecular weight is 270 g/mol. The van der Waals surface area contributed by atoms with E-state index in [1.54, 1.807) is 0 Å². The normalized spacial score (nSPS) is 14.4. The van der Waals surface area contributed by atoms with Crippen molar-refractivity contribution in [2.75, 3.05) is 6.61 Å². The summed E-state index contributed by atoms with van der Waals surface area (Å²) in [5.41, 5.74) is 1.72. The summed E-state index contributed by atoms with van der Waals surface area (Å²) >= 11 is 5.72. The van der Waals surface area contributed by atoms with Crippen LogP contribution in [0.4, 0.5) is 13.2 Å². The Morgan fingerprint density at radius 1 is 1.47 bits per heavy atom. The van der Waals surface area contributed by atoms with E-state index < -0.39 is 11.7 Å². The smallest absolute Gasteiger partial charge is 0.275 e. The van der Waals surface area contributed by atoms with Gasteiger partial charge in [-0.05, 0) is 25.0 Å². The van der Waals surface area contributed by atoms with Crippen molar-refractivity contribution in [1.82, 2.24) is 5.48 Å². The summed E-state index contributed by atoms with van der Waals surface area (Å²) < 4.78 is 37.2. The molecule has 0 atom stereocenters. The van der Waals surface area contributed by atoms with Crippen LogP contribution in [-0.4, -0.2) is 12.8 Å². The predicted octanol–water partition coefficient (Wildman–Crippen LogP) is 4.06. The zero-order valence-electron chi connectivity index (χ0n) is 9.70. The maximum absolute atomic E-state index is 12.4. The standard InChI is InChI=1S/C11H15ClF3NO/c1-4-6-17-16-10(12)8(3)7-9(5-2)11(13,14)15/h5,7,16H,2,4,6H2,1,3H3/b9-7+,10-8-. The van der Waals surface area contributed by atoms with Crippen LogP contribution in [0.25, 0.3) is 0 Å². The molecule has 17 heavy (non-hydrogen) atoms. The molecule has 0 heterocycles. The van der Waals surface area contributed by atoms with Gasteiger partial charge in [-0.2, -0.15) is 13.2 Å². The third kappa shape index (κ3) is 6.38. The van der Waals surface area contributed by atoms with Crippen molar-refractivity contribution in [1.29, 1.82) is 0 Å². The van der Waals surface area contributed by atoms with Crippen molar-refractivity contribution in [3.8, 4) is 0 Å². The Kier molecular flexibility index (Phi) is 6.99. The fourth-order valence-electron chi connectivity index (χ4n) is 0.850. The summed E-state index contributed by atoms with van der Waals surface area (Å²) in [7, 11) is 0. The maximum atomic E-state index is 12.4. The molecular formula is C11H15ClF3NO. The maximum Gasteiger partial charge on any atom is 0.416 e. The van der Waals surface area contributed by atoms with Gasteiger partial charge in [0.25, 0.3) is 0 Å². The van der Waals surface area contributed by atoms with E-state index in [9.17, 15) is 13.2 Å². The molecule has 0 fully saturated rings. The van der Waals surface area contributed by atoms with Crippen LogP contribution in [0.3, 0.4) is 0 Å². The number of alkyl halides is 3. The van der Waals surface area contributed by atoms with Gasteiger partial charge < -0.3 is 0 Å². The van der Waals surface area contributed by atoms with E-state index in [-0.39, 0.29) is 10.7 Å². The molecule has 0 aliphatic heterocycles. The Bertz CT molecular complexity index is 321. The Morgan fingerprint density at radius 3 is 2.47 bits per heavy atom. The van der Waals surface area contributed by atoms with Crippen LogP contribution in [0.5, 0.6) is 0 Å². The molecule has 0 radical (unpaired) electrons. The molecule has 0 aromatic rings. The number of hydroxylamine groups is 1. The lowest BCUT2D eigenvalue weighted by Crippen LogP contribution is -2.13. The monoisotopic (exact) mass is 269 g/mol. The van der Waals surface area contributed by atoms with Crippen LogP contribution in [0, 0.1) is 0 Å². The van der Waals surface area contributed by atoms with E-state index in [2.05, 4.69) is 12.1 Å². The lowest BCUT2D eigenvalue weighted by atomic mass is 10.1. The summed E-state index contributed by atoms with van der Waals surface area (Å²) in [6.07, 6.45) is -2.03. The second-order valence-corrected chi connectivity index (χ2v) is 3.63. The lowest BCUT2D eigenvalue weighted by molar-refractivity contribution is -0.0882. The Hall–Kier alpha value is -0.940. The van der Waals surface area contributed by atoms with E-state index in [4.69, 9.17) is 16.4 Å². The second-order valence-electron chi connectivity index (χ2n) is 3.25. The highest BCUT2D eigenvalue weighted by Gasteiger charge is 2.31. The van der Waals surface area contributed by atoms with Crippen LogP contribution < -0.4 is 5.48 Å². The highest BCUT2D eigenvalue weighted by molar-refractivity contribution is 6.29. The minimum Gasteiger partial charge on any atom is -0.275 e. The van der Waals surface area contributed by atoms with Gasteiger partial charge in [0.1, 0.15) is 5.16 Å². The minimum atomic E-state index is -4.44. The number of allylic oxidation sites excluding steroid dienone is 4. The predicted molar refractivity (Wildman–Crippen MR) is 62.3 cm³/mol. The van der Waals surface area contributed by atoms with Gasteiger partial charge in [-0.1, -0.05) is 31.2 Å². The fraction of sp³-hybridized carbons (Fsp3) is 0.455. The first-order valence-corrected chi connectivity index (χ1v) is 5.36. The molecule has 0 unspecified atom stereocenters. The molecule has 1 N–H and O–H groups in total. The highest BCUT2D eigenvalue weighted by Crippen LogP contribution is 2.27. The van der Waals surface area contributed by atoms with E-state index in [1.165, 1.54) is 6.92 Å². The summed E-state index contributed by atoms with van der Waals surface area (Å²) in [5, 5.41) is 0.0158. The van der Waals surface area contributed by atoms with Crippen LogP contribution in [0.1, 0.15) is 20.3 Å². The van der Waals surface area contributed by atoms with Crippen molar-refractivity contribution in [2.24, 2.45) is 0 Å². The first kappa shape index (κ1) is 16.1. The van der Waals surface area contributed by atoms with Gasteiger partial charge in [0.15, 0.2) is 0 Å². The van der Waals surface area contributed by atoms with Crippen molar-refractivity contribution in [3.63, 3.8) is 0 Å². The Morgan fingerprint density at radius 2 is 2.06 bits per heavy atom. The van der Waals surface area contributed by atoms with E-state index >= 15 is 0 Å². The molecule has 98 valence electrons. The molecule has 0 bridgehead atoms. The average Bonchev–Trinajstić information content (AvgIpc) is 2.23. The number of hydrogen-bond acceptors (Lipinski definition) is 2. The quantitative estimate of drug-likeness (QED) is 0.340. The molecule has 0 rings (SSSR count). The second kappa shape index (κ2) is 7.40. The van der Waals surface area contributed by atoms with Crippen LogP contribution >= 0.6 is 11.6 Å². The first-order valence-electron chi connectivity index (χ1n) is 4.98. The number of nitrogens with one attached hydrogen (secondary N) is 1. The summed E-state index contributed by atoms with van der Waals surface area (Å²) in [6.45, 7) is 6.87. The topological polar surface area (TPSA) is 21.3 Å². The molecule has 0 aromatic heterocycles. The van der Waals surface area contributed by atoms with Crippen molar-refractivity contribution in [2.45, 2.75) is 26.4 Å². The van der Waals surface area contributed by atoms with Crippen molar-refractivity contribution < 1.29 is 18.0 Å². The zero-order valence-corrected chi connectivity index (χ0v) is 10.5. The molecule has 0 saturated heterocycles. The molecule has 0 spiro atoms. The third-order valence-corrected chi connectivity index (χ3v) is 2.11. The van der Waals surface area contributed by atoms with E-state index in [0.717, 1.165) is 18.6 Å². The summed E-state index contributed by atoms with van der Waals surface area (Å²) in [6, 6.07) is 0. The minimum absolute atomic E-state index is 0.0158. The first-order chi connectivity index (χ1) is 7.82. The Labute approximate surface area is 104 Å². The zero-order chi connectivity index (χ0) is 13.5. The molecule has 0 aliphatic rings. The van der Waals surface area contributed by atoms with Crippen LogP contribution in [-0.2, 0) is 4.84 Å². The van der Waals surface area contributed by atoms with Crippen LogP contribution in [0.15, 0.2) is 35.0 Å². The molecular weight excluding hydrogens is 255 g/mol. The lowest BCUT2D eigenvalue weighted by Gasteiger charge is -2.09. The molecule has 0 aromatic carbocycles. The Balaban J connectivity index is 4.77. The molecule has 0 saturated carbocycles. The van der Waals surface area contributed by atoms with Gasteiger partial charge in [0, 0.05) is 0 Å².